The third kappa shape index (κ3) is 4.71. The Morgan fingerprint density at radius 3 is 2.47 bits per heavy atom. The molecule has 1 aromatic carbocycles. The number of hydrogen-bond acceptors (Lipinski definition) is 6. The molecule has 1 aromatic heterocycles. The number of benzene rings is 1. The zero-order chi connectivity index (χ0) is 23.7. The number of nitrogens with one attached hydrogen (secondary N) is 1. The maximum Gasteiger partial charge on any atom is 0.514 e. The van der Waals surface area contributed by atoms with Gasteiger partial charge >= 0.3 is 5.51 Å². The number of rotatable bonds is 7. The summed E-state index contributed by atoms with van der Waals surface area (Å²) in [5.41, 5.74) is -2.90. The van der Waals surface area contributed by atoms with Crippen LogP contribution in [0, 0.1) is 14.1 Å². The summed E-state index contributed by atoms with van der Waals surface area (Å²) in [6.45, 7) is 3.38. The van der Waals surface area contributed by atoms with E-state index in [9.17, 15) is 22.3 Å². The molecule has 0 radical (unpaired) electrons. The normalized spacial score (nSPS) is 15.3. The summed E-state index contributed by atoms with van der Waals surface area (Å²) >= 11 is 0. The van der Waals surface area contributed by atoms with E-state index >= 15 is 0 Å². The molecule has 0 saturated carbocycles. The van der Waals surface area contributed by atoms with E-state index in [1.54, 1.807) is 34.4 Å². The molecular formula is C19H28F3N7O2S. The lowest BCUT2D eigenvalue weighted by Crippen LogP contribution is -2.77. The Kier molecular flexibility index (Phi) is 7.05. The van der Waals surface area contributed by atoms with E-state index in [-0.39, 0.29) is 11.4 Å². The third-order valence-corrected chi connectivity index (χ3v) is 6.48. The van der Waals surface area contributed by atoms with Crippen LogP contribution >= 0.6 is 10.8 Å². The molecule has 0 atom stereocenters. The fourth-order valence-corrected chi connectivity index (χ4v) is 4.23. The molecule has 32 heavy (non-hydrogen) atoms. The second kappa shape index (κ2) is 9.27. The minimum Gasteiger partial charge on any atom is -0.439 e. The van der Waals surface area contributed by atoms with Crippen LogP contribution < -0.4 is 20.3 Å². The second-order valence-electron chi connectivity index (χ2n) is 7.29. The first-order valence-electron chi connectivity index (χ1n) is 9.92. The van der Waals surface area contributed by atoms with Crippen LogP contribution in [0.1, 0.15) is 18.9 Å². The average molecular weight is 476 g/mol. The monoisotopic (exact) mass is 475 g/mol. The lowest BCUT2D eigenvalue weighted by atomic mass is 10.0. The Bertz CT molecular complexity index is 1010. The first kappa shape index (κ1) is 24.3. The lowest BCUT2D eigenvalue weighted by molar-refractivity contribution is -0.544. The van der Waals surface area contributed by atoms with Gasteiger partial charge in [-0.1, -0.05) is 0 Å². The fourth-order valence-electron chi connectivity index (χ4n) is 3.65. The number of anilines is 2. The summed E-state index contributed by atoms with van der Waals surface area (Å²) in [6, 6.07) is 4.84. The Hall–Kier alpha value is -2.32. The van der Waals surface area contributed by atoms with Gasteiger partial charge in [-0.2, -0.15) is 13.2 Å². The average Bonchev–Trinajstić information content (AvgIpc) is 3.05. The van der Waals surface area contributed by atoms with Gasteiger partial charge in [-0.3, -0.25) is 18.4 Å². The predicted molar refractivity (Wildman–Crippen MR) is 119 cm³/mol. The predicted octanol–water partition coefficient (Wildman–Crippen LogP) is 3.78. The summed E-state index contributed by atoms with van der Waals surface area (Å²) in [7, 11) is 4.13. The summed E-state index contributed by atoms with van der Waals surface area (Å²) in [5.74, 6) is 1.21. The van der Waals surface area contributed by atoms with Crippen molar-refractivity contribution in [1.29, 1.82) is 0 Å². The van der Waals surface area contributed by atoms with E-state index in [2.05, 4.69) is 24.3 Å². The first-order valence-corrected chi connectivity index (χ1v) is 11.5. The van der Waals surface area contributed by atoms with E-state index in [0.717, 1.165) is 42.1 Å². The maximum atomic E-state index is 13.1. The number of hydrogen-bond donors (Lipinski definition) is 5. The molecule has 7 N–H and O–H groups in total. The summed E-state index contributed by atoms with van der Waals surface area (Å²) in [4.78, 5) is 2.02. The molecule has 2 aromatic rings. The molecule has 1 aliphatic heterocycles. The molecule has 3 rings (SSSR count). The lowest BCUT2D eigenvalue weighted by Gasteiger charge is -2.36. The maximum absolute atomic E-state index is 13.1. The topological polar surface area (TPSA) is 119 Å². The number of azo groups is 1. The van der Waals surface area contributed by atoms with Crippen molar-refractivity contribution in [2.45, 2.75) is 25.3 Å². The molecule has 0 bridgehead atoms. The fraction of sp³-hybridized carbons (Fsp3) is 0.368. The largest absolute Gasteiger partial charge is 0.514 e. The van der Waals surface area contributed by atoms with Gasteiger partial charge in [0.15, 0.2) is 11.5 Å². The SMILES string of the molecule is [CH2-][NH2+]c1cc(N=Nc2cc3c(cc2NS(O)(O)C(F)(F)F)N(CC)CCC3)n(C)c1[NH2+][CH2-]. The van der Waals surface area contributed by atoms with Gasteiger partial charge in [0.25, 0.3) is 0 Å². The van der Waals surface area contributed by atoms with Gasteiger partial charge in [-0.05, 0) is 48.2 Å². The highest BCUT2D eigenvalue weighted by atomic mass is 32.3. The molecule has 0 amide bonds. The smallest absolute Gasteiger partial charge is 0.439 e. The van der Waals surface area contributed by atoms with Gasteiger partial charge in [-0.15, -0.1) is 24.3 Å². The minimum atomic E-state index is -5.24. The number of nitrogens with zero attached hydrogens (tertiary/aromatic N) is 4. The van der Waals surface area contributed by atoms with Crippen molar-refractivity contribution in [3.05, 3.63) is 37.9 Å². The highest BCUT2D eigenvalue weighted by Gasteiger charge is 2.46. The number of alkyl halides is 3. The molecule has 0 spiro atoms. The number of halogens is 3. The van der Waals surface area contributed by atoms with Crippen LogP contribution in [0.25, 0.3) is 0 Å². The zero-order valence-corrected chi connectivity index (χ0v) is 18.7. The van der Waals surface area contributed by atoms with Crippen LogP contribution in [0.2, 0.25) is 0 Å². The van der Waals surface area contributed by atoms with Crippen molar-refractivity contribution in [3.63, 3.8) is 0 Å². The van der Waals surface area contributed by atoms with Crippen LogP contribution in [0.4, 0.5) is 47.6 Å². The molecule has 2 heterocycles. The number of quaternary nitrogens is 2. The van der Waals surface area contributed by atoms with Crippen molar-refractivity contribution in [3.8, 4) is 0 Å². The molecule has 0 aliphatic carbocycles. The first-order chi connectivity index (χ1) is 15.0. The Morgan fingerprint density at radius 1 is 1.19 bits per heavy atom. The molecule has 0 fully saturated rings. The van der Waals surface area contributed by atoms with Gasteiger partial charge in [-0.25, -0.2) is 0 Å². The molecule has 0 saturated heterocycles. The minimum absolute atomic E-state index is 0.0763. The van der Waals surface area contributed by atoms with Crippen molar-refractivity contribution in [2.24, 2.45) is 17.3 Å². The molecule has 178 valence electrons. The quantitative estimate of drug-likeness (QED) is 0.309. The van der Waals surface area contributed by atoms with E-state index in [0.29, 0.717) is 12.4 Å². The summed E-state index contributed by atoms with van der Waals surface area (Å²) < 4.78 is 62.4. The van der Waals surface area contributed by atoms with Crippen LogP contribution in [0.5, 0.6) is 0 Å². The van der Waals surface area contributed by atoms with Gasteiger partial charge in [0.05, 0.1) is 5.69 Å². The number of fused-ring (bicyclic) bond motifs is 1. The summed E-state index contributed by atoms with van der Waals surface area (Å²) in [5, 5.41) is 11.6. The molecule has 1 aliphatic rings. The second-order valence-corrected chi connectivity index (χ2v) is 9.05. The molecule has 13 heteroatoms. The van der Waals surface area contributed by atoms with E-state index < -0.39 is 16.3 Å². The van der Waals surface area contributed by atoms with E-state index in [1.165, 1.54) is 6.07 Å². The van der Waals surface area contributed by atoms with Crippen LogP contribution in [-0.4, -0.2) is 32.3 Å². The highest BCUT2D eigenvalue weighted by molar-refractivity contribution is 8.26. The third-order valence-electron chi connectivity index (χ3n) is 5.33. The van der Waals surface area contributed by atoms with Crippen LogP contribution in [0.3, 0.4) is 0 Å². The summed E-state index contributed by atoms with van der Waals surface area (Å²) in [6.07, 6.45) is 1.63. The Morgan fingerprint density at radius 2 is 1.91 bits per heavy atom. The Balaban J connectivity index is 2.08. The number of nitrogens with two attached hydrogens (primary N) is 2. The van der Waals surface area contributed by atoms with Gasteiger partial charge in [0.2, 0.25) is 5.82 Å². The van der Waals surface area contributed by atoms with Gasteiger partial charge < -0.3 is 15.5 Å². The van der Waals surface area contributed by atoms with Gasteiger partial charge in [0.1, 0.15) is 5.69 Å². The molecule has 9 nitrogen and oxygen atoms in total. The Labute approximate surface area is 186 Å². The zero-order valence-electron chi connectivity index (χ0n) is 17.9. The van der Waals surface area contributed by atoms with Crippen LogP contribution in [-0.2, 0) is 13.5 Å². The van der Waals surface area contributed by atoms with E-state index in [4.69, 9.17) is 0 Å². The van der Waals surface area contributed by atoms with Gasteiger partial charge in [0, 0.05) is 31.9 Å². The van der Waals surface area contributed by atoms with Crippen molar-refractivity contribution in [2.75, 3.05) is 22.7 Å². The van der Waals surface area contributed by atoms with E-state index in [1.807, 2.05) is 16.5 Å². The van der Waals surface area contributed by atoms with Crippen molar-refractivity contribution in [1.82, 2.24) is 4.57 Å². The van der Waals surface area contributed by atoms with Crippen molar-refractivity contribution < 1.29 is 32.9 Å². The van der Waals surface area contributed by atoms with Crippen LogP contribution in [0.15, 0.2) is 28.4 Å². The highest BCUT2D eigenvalue weighted by Crippen LogP contribution is 2.56. The molecule has 0 unspecified atom stereocenters. The number of aromatic nitrogens is 1. The molecular weight excluding hydrogens is 447 g/mol. The number of aryl methyl sites for hydroxylation is 1. The standard InChI is InChI=1S/C19H28F3N7O2S/c1-5-29-8-6-7-12-9-13(14(10-16(12)29)27-32(30,31)19(20,21)22)25-26-17-11-15(23-2)18(24-3)28(17)4/h9-11,27,30-31H,2-3,5-8,23-24H2,1,4H3. The van der Waals surface area contributed by atoms with Crippen molar-refractivity contribution >= 4 is 45.2 Å².